The molecule has 1 saturated heterocycles. The molecule has 2 rings (SSSR count). The summed E-state index contributed by atoms with van der Waals surface area (Å²) < 4.78 is 5.36. The number of halogens is 2. The summed E-state index contributed by atoms with van der Waals surface area (Å²) in [6.07, 6.45) is 1.78. The molecule has 3 heteroatoms. The van der Waals surface area contributed by atoms with Gasteiger partial charge < -0.3 is 4.74 Å². The van der Waals surface area contributed by atoms with Crippen molar-refractivity contribution in [3.8, 4) is 0 Å². The number of alkyl halides is 2. The van der Waals surface area contributed by atoms with Crippen LogP contribution in [0.2, 0.25) is 0 Å². The molecule has 1 saturated carbocycles. The molecule has 2 aliphatic rings. The van der Waals surface area contributed by atoms with Gasteiger partial charge in [-0.15, -0.1) is 0 Å². The summed E-state index contributed by atoms with van der Waals surface area (Å²) in [6, 6.07) is 0. The van der Waals surface area contributed by atoms with E-state index in [1.165, 1.54) is 6.42 Å². The molecule has 2 atom stereocenters. The quantitative estimate of drug-likeness (QED) is 0.505. The molecule has 0 spiro atoms. The van der Waals surface area contributed by atoms with Crippen LogP contribution in [-0.4, -0.2) is 15.9 Å². The third-order valence-corrected chi connectivity index (χ3v) is 3.51. The lowest BCUT2D eigenvalue weighted by atomic mass is 10.3. The summed E-state index contributed by atoms with van der Waals surface area (Å²) in [5.74, 6) is 0.738. The molecular formula is C5H6Br2O. The molecule has 1 aliphatic carbocycles. The average Bonchev–Trinajstić information content (AvgIpc) is 2.37. The molecule has 1 nitrogen and oxygen atoms in total. The van der Waals surface area contributed by atoms with Gasteiger partial charge in [0.15, 0.2) is 0 Å². The standard InChI is InChI=1S/C5H6Br2O/c6-5(7)1-3(5)4-2-8-4/h3-4H,1-2H2/t3-,4+/m0/s1. The molecule has 0 N–H and O–H groups in total. The zero-order chi connectivity index (χ0) is 5.78. The van der Waals surface area contributed by atoms with Crippen LogP contribution in [0.15, 0.2) is 0 Å². The molecule has 2 fully saturated rings. The highest BCUT2D eigenvalue weighted by molar-refractivity contribution is 9.25. The van der Waals surface area contributed by atoms with Crippen molar-refractivity contribution in [3.63, 3.8) is 0 Å². The van der Waals surface area contributed by atoms with Gasteiger partial charge in [-0.25, -0.2) is 0 Å². The van der Waals surface area contributed by atoms with Gasteiger partial charge in [0.2, 0.25) is 0 Å². The largest absolute Gasteiger partial charge is 0.373 e. The highest BCUT2D eigenvalue weighted by Gasteiger charge is 2.58. The van der Waals surface area contributed by atoms with Crippen LogP contribution in [0.3, 0.4) is 0 Å². The van der Waals surface area contributed by atoms with Crippen molar-refractivity contribution < 1.29 is 4.74 Å². The summed E-state index contributed by atoms with van der Waals surface area (Å²) in [5, 5.41) is 0. The first-order valence-corrected chi connectivity index (χ1v) is 4.28. The fraction of sp³-hybridized carbons (Fsp3) is 1.00. The summed E-state index contributed by atoms with van der Waals surface area (Å²) in [5.41, 5.74) is 0. The Morgan fingerprint density at radius 2 is 2.00 bits per heavy atom. The van der Waals surface area contributed by atoms with E-state index in [-0.39, 0.29) is 3.23 Å². The van der Waals surface area contributed by atoms with E-state index >= 15 is 0 Å². The lowest BCUT2D eigenvalue weighted by Gasteiger charge is -1.91. The van der Waals surface area contributed by atoms with Crippen LogP contribution in [-0.2, 0) is 4.74 Å². The number of epoxide rings is 1. The molecule has 8 heavy (non-hydrogen) atoms. The fourth-order valence-corrected chi connectivity index (χ4v) is 2.21. The van der Waals surface area contributed by atoms with Crippen LogP contribution in [0, 0.1) is 5.92 Å². The number of ether oxygens (including phenoxy) is 1. The van der Waals surface area contributed by atoms with Crippen LogP contribution in [0.25, 0.3) is 0 Å². The second-order valence-electron chi connectivity index (χ2n) is 2.44. The monoisotopic (exact) mass is 240 g/mol. The Bertz CT molecular complexity index is 120. The van der Waals surface area contributed by atoms with Gasteiger partial charge in [-0.3, -0.25) is 0 Å². The van der Waals surface area contributed by atoms with E-state index in [1.54, 1.807) is 0 Å². The van der Waals surface area contributed by atoms with E-state index in [0.29, 0.717) is 6.10 Å². The van der Waals surface area contributed by atoms with E-state index in [2.05, 4.69) is 31.9 Å². The van der Waals surface area contributed by atoms with Crippen molar-refractivity contribution in [1.29, 1.82) is 0 Å². The summed E-state index contributed by atoms with van der Waals surface area (Å²) >= 11 is 7.06. The van der Waals surface area contributed by atoms with Crippen molar-refractivity contribution >= 4 is 31.9 Å². The third-order valence-electron chi connectivity index (χ3n) is 1.68. The number of hydrogen-bond acceptors (Lipinski definition) is 1. The van der Waals surface area contributed by atoms with Gasteiger partial charge in [-0.1, -0.05) is 31.9 Å². The van der Waals surface area contributed by atoms with Crippen LogP contribution in [0.1, 0.15) is 6.42 Å². The topological polar surface area (TPSA) is 12.5 Å². The molecule has 0 aromatic heterocycles. The summed E-state index contributed by atoms with van der Waals surface area (Å²) in [6.45, 7) is 0.976. The van der Waals surface area contributed by atoms with E-state index in [4.69, 9.17) is 4.74 Å². The van der Waals surface area contributed by atoms with Crippen LogP contribution >= 0.6 is 31.9 Å². The minimum atomic E-state index is 0.251. The van der Waals surface area contributed by atoms with E-state index in [0.717, 1.165) is 12.5 Å². The van der Waals surface area contributed by atoms with Crippen LogP contribution < -0.4 is 0 Å². The maximum atomic E-state index is 5.11. The van der Waals surface area contributed by atoms with Crippen molar-refractivity contribution in [2.45, 2.75) is 15.8 Å². The van der Waals surface area contributed by atoms with Crippen LogP contribution in [0.5, 0.6) is 0 Å². The Kier molecular flexibility index (Phi) is 1.06. The maximum Gasteiger partial charge on any atom is 0.0864 e. The highest BCUT2D eigenvalue weighted by Crippen LogP contribution is 2.60. The second kappa shape index (κ2) is 1.50. The zero-order valence-electron chi connectivity index (χ0n) is 4.23. The minimum Gasteiger partial charge on any atom is -0.373 e. The van der Waals surface area contributed by atoms with Gasteiger partial charge in [0.25, 0.3) is 0 Å². The SMILES string of the molecule is BrC1(Br)C[C@H]1[C@H]1CO1. The molecular weight excluding hydrogens is 236 g/mol. The Morgan fingerprint density at radius 3 is 2.12 bits per heavy atom. The van der Waals surface area contributed by atoms with Gasteiger partial charge in [0.05, 0.1) is 15.9 Å². The van der Waals surface area contributed by atoms with Crippen molar-refractivity contribution in [1.82, 2.24) is 0 Å². The Morgan fingerprint density at radius 1 is 1.50 bits per heavy atom. The first-order chi connectivity index (χ1) is 3.70. The Hall–Kier alpha value is 0.920. The normalized spacial score (nSPS) is 48.8. The summed E-state index contributed by atoms with van der Waals surface area (Å²) in [4.78, 5) is 0. The van der Waals surface area contributed by atoms with Crippen molar-refractivity contribution in [3.05, 3.63) is 0 Å². The van der Waals surface area contributed by atoms with E-state index < -0.39 is 0 Å². The average molecular weight is 242 g/mol. The third kappa shape index (κ3) is 0.847. The highest BCUT2D eigenvalue weighted by atomic mass is 79.9. The van der Waals surface area contributed by atoms with E-state index in [9.17, 15) is 0 Å². The molecule has 0 amide bonds. The van der Waals surface area contributed by atoms with Gasteiger partial charge >= 0.3 is 0 Å². The van der Waals surface area contributed by atoms with Gasteiger partial charge in [0, 0.05) is 5.92 Å². The molecule has 0 aromatic carbocycles. The van der Waals surface area contributed by atoms with Gasteiger partial charge in [-0.05, 0) is 6.42 Å². The van der Waals surface area contributed by atoms with Gasteiger partial charge in [0.1, 0.15) is 0 Å². The Labute approximate surface area is 65.0 Å². The lowest BCUT2D eigenvalue weighted by molar-refractivity contribution is 0.387. The fourth-order valence-electron chi connectivity index (χ4n) is 0.926. The van der Waals surface area contributed by atoms with Crippen molar-refractivity contribution in [2.75, 3.05) is 6.61 Å². The number of hydrogen-bond donors (Lipinski definition) is 0. The molecule has 0 bridgehead atoms. The first-order valence-electron chi connectivity index (χ1n) is 2.69. The zero-order valence-corrected chi connectivity index (χ0v) is 7.41. The summed E-state index contributed by atoms with van der Waals surface area (Å²) in [7, 11) is 0. The predicted molar refractivity (Wildman–Crippen MR) is 38.4 cm³/mol. The number of rotatable bonds is 1. The van der Waals surface area contributed by atoms with Crippen molar-refractivity contribution in [2.24, 2.45) is 5.92 Å². The molecule has 1 aliphatic heterocycles. The molecule has 46 valence electrons. The molecule has 0 unspecified atom stereocenters. The smallest absolute Gasteiger partial charge is 0.0864 e. The second-order valence-corrected chi connectivity index (χ2v) is 6.34. The van der Waals surface area contributed by atoms with Gasteiger partial charge in [-0.2, -0.15) is 0 Å². The minimum absolute atomic E-state index is 0.251. The Balaban J connectivity index is 1.95. The molecule has 0 radical (unpaired) electrons. The van der Waals surface area contributed by atoms with E-state index in [1.807, 2.05) is 0 Å². The van der Waals surface area contributed by atoms with Crippen LogP contribution in [0.4, 0.5) is 0 Å². The molecule has 1 heterocycles. The molecule has 0 aromatic rings. The maximum absolute atomic E-state index is 5.11. The lowest BCUT2D eigenvalue weighted by Crippen LogP contribution is -1.95. The predicted octanol–water partition coefficient (Wildman–Crippen LogP) is 1.89. The first kappa shape index (κ1) is 5.69.